The molecule has 0 spiro atoms. The number of nitrogens with one attached hydrogen (secondary N) is 1. The van der Waals surface area contributed by atoms with Gasteiger partial charge in [0.2, 0.25) is 0 Å². The van der Waals surface area contributed by atoms with E-state index in [9.17, 15) is 4.91 Å². The van der Waals surface area contributed by atoms with E-state index >= 15 is 0 Å². The van der Waals surface area contributed by atoms with Crippen molar-refractivity contribution in [1.82, 2.24) is 0 Å². The largest absolute Gasteiger partial charge is 0.311 e. The van der Waals surface area contributed by atoms with Crippen molar-refractivity contribution in [2.24, 2.45) is 5.18 Å². The third kappa shape index (κ3) is 2.03. The van der Waals surface area contributed by atoms with E-state index in [0.29, 0.717) is 6.42 Å². The second kappa shape index (κ2) is 3.46. The summed E-state index contributed by atoms with van der Waals surface area (Å²) in [6.07, 6.45) is 1.68. The van der Waals surface area contributed by atoms with Crippen molar-refractivity contribution in [2.75, 3.05) is 0 Å². The summed E-state index contributed by atoms with van der Waals surface area (Å²) < 4.78 is 0. The van der Waals surface area contributed by atoms with Crippen LogP contribution in [0.5, 0.6) is 0 Å². The van der Waals surface area contributed by atoms with Gasteiger partial charge in [0, 0.05) is 6.21 Å². The summed E-state index contributed by atoms with van der Waals surface area (Å²) in [6, 6.07) is -0.403. The summed E-state index contributed by atoms with van der Waals surface area (Å²) in [7, 11) is 0. The minimum Gasteiger partial charge on any atom is -0.311 e. The molecule has 0 aromatic carbocycles. The highest BCUT2D eigenvalue weighted by Gasteiger charge is 1.95. The van der Waals surface area contributed by atoms with Gasteiger partial charge in [0.25, 0.3) is 0 Å². The molecule has 1 atom stereocenters. The van der Waals surface area contributed by atoms with Crippen LogP contribution in [0.2, 0.25) is 0 Å². The molecule has 0 rings (SSSR count). The highest BCUT2D eigenvalue weighted by Crippen LogP contribution is 1.89. The Labute approximate surface area is 42.2 Å². The lowest BCUT2D eigenvalue weighted by Crippen LogP contribution is -2.00. The van der Waals surface area contributed by atoms with Crippen LogP contribution < -0.4 is 0 Å². The minimum absolute atomic E-state index is 0.403. The van der Waals surface area contributed by atoms with Gasteiger partial charge in [-0.3, -0.25) is 0 Å². The highest BCUT2D eigenvalue weighted by molar-refractivity contribution is 5.60. The summed E-state index contributed by atoms with van der Waals surface area (Å²) in [5, 5.41) is 9.17. The number of nitroso groups, excluding NO2 is 1. The molecule has 0 saturated carbocycles. The second-order valence-electron chi connectivity index (χ2n) is 1.25. The van der Waals surface area contributed by atoms with E-state index in [2.05, 4.69) is 5.18 Å². The maximum Gasteiger partial charge on any atom is 0.126 e. The van der Waals surface area contributed by atoms with Crippen LogP contribution in [0.3, 0.4) is 0 Å². The van der Waals surface area contributed by atoms with Crippen LogP contribution in [0.1, 0.15) is 13.3 Å². The summed E-state index contributed by atoms with van der Waals surface area (Å²) in [6.45, 7) is 1.82. The Kier molecular flexibility index (Phi) is 3.10. The molecule has 0 amide bonds. The van der Waals surface area contributed by atoms with Gasteiger partial charge in [-0.1, -0.05) is 12.1 Å². The SMILES string of the molecule is CCC(C=N)N=O. The van der Waals surface area contributed by atoms with Crippen LogP contribution in [-0.2, 0) is 0 Å². The van der Waals surface area contributed by atoms with Crippen molar-refractivity contribution in [3.63, 3.8) is 0 Å². The number of nitrogens with zero attached hydrogens (tertiary/aromatic N) is 1. The molecule has 0 aromatic heterocycles. The topological polar surface area (TPSA) is 53.3 Å². The van der Waals surface area contributed by atoms with Crippen molar-refractivity contribution in [1.29, 1.82) is 5.41 Å². The smallest absolute Gasteiger partial charge is 0.126 e. The molecule has 1 N–H and O–H groups in total. The molecular weight excluding hydrogens is 92.1 g/mol. The summed E-state index contributed by atoms with van der Waals surface area (Å²) >= 11 is 0. The van der Waals surface area contributed by atoms with E-state index in [-0.39, 0.29) is 0 Å². The Hall–Kier alpha value is -0.730. The molecule has 0 fully saturated rings. The Balaban J connectivity index is 3.36. The van der Waals surface area contributed by atoms with Crippen LogP contribution in [0.4, 0.5) is 0 Å². The average molecular weight is 100 g/mol. The van der Waals surface area contributed by atoms with E-state index in [1.165, 1.54) is 0 Å². The van der Waals surface area contributed by atoms with Crippen molar-refractivity contribution in [3.8, 4) is 0 Å². The molecule has 0 aliphatic carbocycles. The van der Waals surface area contributed by atoms with Crippen molar-refractivity contribution >= 4 is 6.21 Å². The molecule has 0 radical (unpaired) electrons. The Morgan fingerprint density at radius 3 is 2.57 bits per heavy atom. The highest BCUT2D eigenvalue weighted by atomic mass is 16.3. The lowest BCUT2D eigenvalue weighted by Gasteiger charge is -1.90. The molecule has 0 heterocycles. The Bertz CT molecular complexity index is 64.1. The quantitative estimate of drug-likeness (QED) is 0.420. The van der Waals surface area contributed by atoms with Gasteiger partial charge in [-0.15, -0.1) is 0 Å². The van der Waals surface area contributed by atoms with E-state index in [1.54, 1.807) is 0 Å². The minimum atomic E-state index is -0.403. The molecule has 40 valence electrons. The Morgan fingerprint density at radius 2 is 2.57 bits per heavy atom. The van der Waals surface area contributed by atoms with Crippen LogP contribution in [0.25, 0.3) is 0 Å². The molecule has 3 nitrogen and oxygen atoms in total. The van der Waals surface area contributed by atoms with Crippen LogP contribution in [0, 0.1) is 10.3 Å². The first-order valence-electron chi connectivity index (χ1n) is 2.18. The maximum absolute atomic E-state index is 9.57. The normalized spacial score (nSPS) is 12.7. The number of hydrogen-bond acceptors (Lipinski definition) is 3. The first-order valence-corrected chi connectivity index (χ1v) is 2.18. The van der Waals surface area contributed by atoms with Crippen molar-refractivity contribution in [3.05, 3.63) is 4.91 Å². The van der Waals surface area contributed by atoms with Gasteiger partial charge in [0.05, 0.1) is 0 Å². The monoisotopic (exact) mass is 100 g/mol. The maximum atomic E-state index is 9.57. The van der Waals surface area contributed by atoms with E-state index in [4.69, 9.17) is 5.41 Å². The molecule has 0 aliphatic rings. The predicted octanol–water partition coefficient (Wildman–Crippen LogP) is 1.18. The molecule has 0 aromatic rings. The molecule has 1 unspecified atom stereocenters. The van der Waals surface area contributed by atoms with Gasteiger partial charge >= 0.3 is 0 Å². The first kappa shape index (κ1) is 6.27. The van der Waals surface area contributed by atoms with Gasteiger partial charge in [-0.05, 0) is 6.42 Å². The number of rotatable bonds is 3. The van der Waals surface area contributed by atoms with Crippen LogP contribution >= 0.6 is 0 Å². The third-order valence-electron chi connectivity index (χ3n) is 0.746. The fourth-order valence-corrected chi connectivity index (χ4v) is 0.223. The van der Waals surface area contributed by atoms with Crippen molar-refractivity contribution in [2.45, 2.75) is 19.4 Å². The van der Waals surface area contributed by atoms with Gasteiger partial charge in [0.15, 0.2) is 0 Å². The zero-order valence-electron chi connectivity index (χ0n) is 4.22. The van der Waals surface area contributed by atoms with E-state index in [0.717, 1.165) is 6.21 Å². The van der Waals surface area contributed by atoms with Gasteiger partial charge < -0.3 is 5.41 Å². The van der Waals surface area contributed by atoms with Crippen LogP contribution in [-0.4, -0.2) is 12.3 Å². The molecule has 3 heteroatoms. The summed E-state index contributed by atoms with van der Waals surface area (Å²) in [5.41, 5.74) is 0. The summed E-state index contributed by atoms with van der Waals surface area (Å²) in [5.74, 6) is 0. The zero-order valence-corrected chi connectivity index (χ0v) is 4.22. The summed E-state index contributed by atoms with van der Waals surface area (Å²) in [4.78, 5) is 9.57. The lowest BCUT2D eigenvalue weighted by atomic mass is 10.3. The average Bonchev–Trinajstić information content (AvgIpc) is 1.72. The Morgan fingerprint density at radius 1 is 2.00 bits per heavy atom. The first-order chi connectivity index (χ1) is 3.35. The van der Waals surface area contributed by atoms with Crippen LogP contribution in [0.15, 0.2) is 5.18 Å². The lowest BCUT2D eigenvalue weighted by molar-refractivity contribution is 0.825. The zero-order chi connectivity index (χ0) is 5.70. The van der Waals surface area contributed by atoms with Gasteiger partial charge in [-0.2, -0.15) is 4.91 Å². The van der Waals surface area contributed by atoms with Crippen molar-refractivity contribution < 1.29 is 0 Å². The molecule has 7 heavy (non-hydrogen) atoms. The molecule has 0 saturated heterocycles. The third-order valence-corrected chi connectivity index (χ3v) is 0.746. The fraction of sp³-hybridized carbons (Fsp3) is 0.750. The molecule has 0 aliphatic heterocycles. The van der Waals surface area contributed by atoms with Gasteiger partial charge in [-0.25, -0.2) is 0 Å². The standard InChI is InChI=1S/C4H8N2O/c1-2-4(3-5)6-7/h3-5H,2H2,1H3. The molecule has 0 bridgehead atoms. The molecular formula is C4H8N2O. The van der Waals surface area contributed by atoms with Gasteiger partial charge in [0.1, 0.15) is 6.04 Å². The van der Waals surface area contributed by atoms with E-state index in [1.807, 2.05) is 6.92 Å². The second-order valence-corrected chi connectivity index (χ2v) is 1.25. The van der Waals surface area contributed by atoms with E-state index < -0.39 is 6.04 Å². The predicted molar refractivity (Wildman–Crippen MR) is 28.7 cm³/mol. The number of hydrogen-bond donors (Lipinski definition) is 1. The fourth-order valence-electron chi connectivity index (χ4n) is 0.223.